The van der Waals surface area contributed by atoms with Crippen LogP contribution in [-0.2, 0) is 16.0 Å². The van der Waals surface area contributed by atoms with Gasteiger partial charge in [0.1, 0.15) is 0 Å². The van der Waals surface area contributed by atoms with Gasteiger partial charge in [-0.3, -0.25) is 4.79 Å². The highest BCUT2D eigenvalue weighted by Crippen LogP contribution is 2.33. The Balaban J connectivity index is 1.52. The van der Waals surface area contributed by atoms with Crippen LogP contribution in [0, 0.1) is 5.92 Å². The molecule has 4 rings (SSSR count). The van der Waals surface area contributed by atoms with Gasteiger partial charge in [0.2, 0.25) is 11.9 Å². The van der Waals surface area contributed by atoms with Gasteiger partial charge in [-0.1, -0.05) is 0 Å². The smallest absolute Gasteiger partial charge is 0.225 e. The molecule has 0 spiro atoms. The van der Waals surface area contributed by atoms with Gasteiger partial charge in [-0.2, -0.15) is 0 Å². The number of nitrogens with zero attached hydrogens (tertiary/aromatic N) is 3. The monoisotopic (exact) mass is 302 g/mol. The summed E-state index contributed by atoms with van der Waals surface area (Å²) in [6, 6.07) is 0.0931. The van der Waals surface area contributed by atoms with Gasteiger partial charge in [0.25, 0.3) is 0 Å². The van der Waals surface area contributed by atoms with E-state index in [0.29, 0.717) is 0 Å². The third-order valence-corrected chi connectivity index (χ3v) is 4.73. The summed E-state index contributed by atoms with van der Waals surface area (Å²) in [6.45, 7) is 3.17. The molecular weight excluding hydrogens is 280 g/mol. The minimum Gasteiger partial charge on any atom is -0.378 e. The van der Waals surface area contributed by atoms with E-state index < -0.39 is 0 Å². The predicted octanol–water partition coefficient (Wildman–Crippen LogP) is 1.22. The van der Waals surface area contributed by atoms with Gasteiger partial charge in [0.15, 0.2) is 0 Å². The van der Waals surface area contributed by atoms with Crippen molar-refractivity contribution in [2.75, 3.05) is 31.2 Å². The Morgan fingerprint density at radius 3 is 2.86 bits per heavy atom. The summed E-state index contributed by atoms with van der Waals surface area (Å²) >= 11 is 0. The number of amides is 1. The molecule has 0 radical (unpaired) electrons. The number of hydrogen-bond donors (Lipinski definition) is 1. The Hall–Kier alpha value is -1.69. The zero-order chi connectivity index (χ0) is 14.9. The molecule has 118 valence electrons. The quantitative estimate of drug-likeness (QED) is 0.909. The lowest BCUT2D eigenvalue weighted by molar-refractivity contribution is -0.123. The van der Waals surface area contributed by atoms with Crippen LogP contribution in [0.15, 0.2) is 6.20 Å². The van der Waals surface area contributed by atoms with Crippen molar-refractivity contribution < 1.29 is 9.53 Å². The molecule has 2 aliphatic carbocycles. The van der Waals surface area contributed by atoms with Crippen LogP contribution in [0.1, 0.15) is 43.0 Å². The van der Waals surface area contributed by atoms with Gasteiger partial charge in [-0.15, -0.1) is 0 Å². The number of hydrogen-bond acceptors (Lipinski definition) is 5. The van der Waals surface area contributed by atoms with Crippen molar-refractivity contribution in [3.8, 4) is 0 Å². The first kappa shape index (κ1) is 13.9. The van der Waals surface area contributed by atoms with Crippen molar-refractivity contribution in [3.63, 3.8) is 0 Å². The average molecular weight is 302 g/mol. The summed E-state index contributed by atoms with van der Waals surface area (Å²) < 4.78 is 5.38. The van der Waals surface area contributed by atoms with Gasteiger partial charge in [0.05, 0.1) is 24.9 Å². The molecule has 0 bridgehead atoms. The van der Waals surface area contributed by atoms with Gasteiger partial charge in [0, 0.05) is 30.8 Å². The fourth-order valence-corrected chi connectivity index (χ4v) is 3.24. The van der Waals surface area contributed by atoms with Crippen molar-refractivity contribution in [2.24, 2.45) is 5.92 Å². The van der Waals surface area contributed by atoms with E-state index in [1.807, 2.05) is 6.20 Å². The minimum atomic E-state index is 0.0931. The van der Waals surface area contributed by atoms with Crippen LogP contribution < -0.4 is 10.2 Å². The third-order valence-electron chi connectivity index (χ3n) is 4.73. The van der Waals surface area contributed by atoms with E-state index in [9.17, 15) is 4.79 Å². The van der Waals surface area contributed by atoms with Crippen molar-refractivity contribution in [1.29, 1.82) is 0 Å². The highest BCUT2D eigenvalue weighted by Gasteiger charge is 2.33. The van der Waals surface area contributed by atoms with Gasteiger partial charge in [-0.25, -0.2) is 9.97 Å². The molecule has 1 N–H and O–H groups in total. The Bertz CT molecular complexity index is 567. The van der Waals surface area contributed by atoms with Gasteiger partial charge >= 0.3 is 0 Å². The number of carbonyl (C=O) groups excluding carboxylic acids is 1. The minimum absolute atomic E-state index is 0.0931. The summed E-state index contributed by atoms with van der Waals surface area (Å²) in [4.78, 5) is 23.5. The highest BCUT2D eigenvalue weighted by molar-refractivity contribution is 5.81. The zero-order valence-electron chi connectivity index (χ0n) is 12.8. The first-order valence-corrected chi connectivity index (χ1v) is 8.30. The lowest BCUT2D eigenvalue weighted by Crippen LogP contribution is -2.38. The van der Waals surface area contributed by atoms with Crippen molar-refractivity contribution >= 4 is 11.9 Å². The zero-order valence-corrected chi connectivity index (χ0v) is 12.8. The average Bonchev–Trinajstić information content (AvgIpc) is 3.40. The molecule has 0 aromatic carbocycles. The SMILES string of the molecule is O=C(NC1CCCc2nc(N3CCOCC3)ncc21)C1CC1. The van der Waals surface area contributed by atoms with Crippen LogP contribution in [0.5, 0.6) is 0 Å². The molecule has 1 amide bonds. The number of aryl methyl sites for hydroxylation is 1. The van der Waals surface area contributed by atoms with Crippen LogP contribution in [0.3, 0.4) is 0 Å². The van der Waals surface area contributed by atoms with Crippen LogP contribution in [0.4, 0.5) is 5.95 Å². The van der Waals surface area contributed by atoms with Gasteiger partial charge < -0.3 is 15.0 Å². The normalized spacial score (nSPS) is 24.7. The van der Waals surface area contributed by atoms with Crippen molar-refractivity contribution in [1.82, 2.24) is 15.3 Å². The lowest BCUT2D eigenvalue weighted by atomic mass is 9.92. The van der Waals surface area contributed by atoms with E-state index in [-0.39, 0.29) is 17.9 Å². The standard InChI is InChI=1S/C16H22N4O2/c21-15(11-4-5-11)18-13-2-1-3-14-12(13)10-17-16(19-14)20-6-8-22-9-7-20/h10-11,13H,1-9H2,(H,18,21). The topological polar surface area (TPSA) is 67.4 Å². The van der Waals surface area contributed by atoms with Crippen LogP contribution >= 0.6 is 0 Å². The lowest BCUT2D eigenvalue weighted by Gasteiger charge is -2.29. The molecule has 1 aromatic heterocycles. The Morgan fingerprint density at radius 1 is 1.27 bits per heavy atom. The van der Waals surface area contributed by atoms with Crippen LogP contribution in [0.2, 0.25) is 0 Å². The summed E-state index contributed by atoms with van der Waals surface area (Å²) in [6.07, 6.45) is 7.04. The molecule has 6 heteroatoms. The molecule has 1 aromatic rings. The van der Waals surface area contributed by atoms with E-state index in [1.165, 1.54) is 0 Å². The third kappa shape index (κ3) is 2.79. The number of rotatable bonds is 3. The number of aromatic nitrogens is 2. The first-order valence-electron chi connectivity index (χ1n) is 8.30. The largest absolute Gasteiger partial charge is 0.378 e. The van der Waals surface area contributed by atoms with Crippen molar-refractivity contribution in [2.45, 2.75) is 38.1 Å². The molecular formula is C16H22N4O2. The molecule has 1 aliphatic heterocycles. The van der Waals surface area contributed by atoms with Gasteiger partial charge in [-0.05, 0) is 32.1 Å². The number of fused-ring (bicyclic) bond motifs is 1. The van der Waals surface area contributed by atoms with Crippen LogP contribution in [0.25, 0.3) is 0 Å². The Kier molecular flexibility index (Phi) is 3.70. The van der Waals surface area contributed by atoms with E-state index in [4.69, 9.17) is 9.72 Å². The highest BCUT2D eigenvalue weighted by atomic mass is 16.5. The first-order chi connectivity index (χ1) is 10.8. The molecule has 1 saturated heterocycles. The molecule has 1 saturated carbocycles. The molecule has 22 heavy (non-hydrogen) atoms. The van der Waals surface area contributed by atoms with E-state index >= 15 is 0 Å². The Morgan fingerprint density at radius 2 is 2.09 bits per heavy atom. The predicted molar refractivity (Wildman–Crippen MR) is 81.6 cm³/mol. The molecule has 1 unspecified atom stereocenters. The molecule has 1 atom stereocenters. The maximum atomic E-state index is 12.0. The Labute approximate surface area is 130 Å². The van der Waals surface area contributed by atoms with Crippen LogP contribution in [-0.4, -0.2) is 42.2 Å². The summed E-state index contributed by atoms with van der Waals surface area (Å²) in [7, 11) is 0. The van der Waals surface area contributed by atoms with Crippen molar-refractivity contribution in [3.05, 3.63) is 17.5 Å². The number of ether oxygens (including phenoxy) is 1. The number of nitrogens with one attached hydrogen (secondary N) is 1. The number of carbonyl (C=O) groups is 1. The van der Waals surface area contributed by atoms with E-state index in [1.54, 1.807) is 0 Å². The maximum Gasteiger partial charge on any atom is 0.225 e. The van der Waals surface area contributed by atoms with E-state index in [0.717, 1.165) is 75.6 Å². The van der Waals surface area contributed by atoms with E-state index in [2.05, 4.69) is 15.2 Å². The number of anilines is 1. The second-order valence-electron chi connectivity index (χ2n) is 6.40. The summed E-state index contributed by atoms with van der Waals surface area (Å²) in [5.41, 5.74) is 2.21. The fourth-order valence-electron chi connectivity index (χ4n) is 3.24. The summed E-state index contributed by atoms with van der Waals surface area (Å²) in [5.74, 6) is 1.25. The number of morpholine rings is 1. The molecule has 2 fully saturated rings. The molecule has 6 nitrogen and oxygen atoms in total. The second kappa shape index (κ2) is 5.83. The summed E-state index contributed by atoms with van der Waals surface area (Å²) in [5, 5.41) is 3.18. The maximum absolute atomic E-state index is 12.0. The molecule has 2 heterocycles. The second-order valence-corrected chi connectivity index (χ2v) is 6.40. The fraction of sp³-hybridized carbons (Fsp3) is 0.688. The molecule has 3 aliphatic rings.